The van der Waals surface area contributed by atoms with Crippen LogP contribution in [0.4, 0.5) is 5.69 Å². The Hall–Kier alpha value is -1.74. The van der Waals surface area contributed by atoms with E-state index >= 15 is 0 Å². The van der Waals surface area contributed by atoms with E-state index < -0.39 is 14.9 Å². The molecule has 1 aromatic heterocycles. The lowest BCUT2D eigenvalue weighted by Gasteiger charge is -2.05. The second-order valence-electron chi connectivity index (χ2n) is 3.17. The molecule has 8 nitrogen and oxygen atoms in total. The molecule has 0 aliphatic carbocycles. The van der Waals surface area contributed by atoms with Crippen LogP contribution in [0.2, 0.25) is 0 Å². The van der Waals surface area contributed by atoms with Crippen LogP contribution >= 0.6 is 0 Å². The molecule has 0 saturated carbocycles. The molecule has 0 aliphatic rings. The van der Waals surface area contributed by atoms with Crippen LogP contribution in [0.3, 0.4) is 0 Å². The van der Waals surface area contributed by atoms with E-state index in [1.54, 1.807) is 0 Å². The average Bonchev–Trinajstić information content (AvgIpc) is 2.24. The SMILES string of the molecule is COc1ccc([N+](=O)[O-])c(CNS(C)(=O)=O)n1. The average molecular weight is 261 g/mol. The van der Waals surface area contributed by atoms with Crippen molar-refractivity contribution in [3.05, 3.63) is 27.9 Å². The molecular formula is C8H11N3O5S. The number of aromatic nitrogens is 1. The van der Waals surface area contributed by atoms with Gasteiger partial charge in [0.1, 0.15) is 5.69 Å². The third-order valence-electron chi connectivity index (χ3n) is 1.83. The lowest BCUT2D eigenvalue weighted by Crippen LogP contribution is -2.22. The molecular weight excluding hydrogens is 250 g/mol. The molecule has 0 aliphatic heterocycles. The third-order valence-corrected chi connectivity index (χ3v) is 2.50. The highest BCUT2D eigenvalue weighted by Gasteiger charge is 2.17. The minimum Gasteiger partial charge on any atom is -0.481 e. The Morgan fingerprint density at radius 3 is 2.65 bits per heavy atom. The van der Waals surface area contributed by atoms with Gasteiger partial charge in [-0.3, -0.25) is 10.1 Å². The van der Waals surface area contributed by atoms with E-state index in [4.69, 9.17) is 4.74 Å². The number of methoxy groups -OCH3 is 1. The molecule has 0 fully saturated rings. The maximum Gasteiger partial charge on any atom is 0.292 e. The van der Waals surface area contributed by atoms with E-state index in [1.807, 2.05) is 0 Å². The largest absolute Gasteiger partial charge is 0.481 e. The molecule has 0 bridgehead atoms. The summed E-state index contributed by atoms with van der Waals surface area (Å²) >= 11 is 0. The fourth-order valence-electron chi connectivity index (χ4n) is 1.08. The summed E-state index contributed by atoms with van der Waals surface area (Å²) in [5.41, 5.74) is -0.262. The smallest absolute Gasteiger partial charge is 0.292 e. The summed E-state index contributed by atoms with van der Waals surface area (Å²) in [6.45, 7) is -0.258. The molecule has 1 rings (SSSR count). The van der Waals surface area contributed by atoms with Crippen molar-refractivity contribution < 1.29 is 18.1 Å². The fraction of sp³-hybridized carbons (Fsp3) is 0.375. The van der Waals surface area contributed by atoms with E-state index in [1.165, 1.54) is 19.2 Å². The molecule has 0 atom stereocenters. The molecule has 94 valence electrons. The topological polar surface area (TPSA) is 111 Å². The van der Waals surface area contributed by atoms with Gasteiger partial charge in [-0.1, -0.05) is 0 Å². The predicted octanol–water partition coefficient (Wildman–Crippen LogP) is 0.0476. The number of hydrogen-bond donors (Lipinski definition) is 1. The van der Waals surface area contributed by atoms with Gasteiger partial charge >= 0.3 is 0 Å². The molecule has 9 heteroatoms. The number of ether oxygens (including phenoxy) is 1. The summed E-state index contributed by atoms with van der Waals surface area (Å²) < 4.78 is 28.7. The standard InChI is InChI=1S/C8H11N3O5S/c1-16-8-4-3-7(11(12)13)6(10-8)5-9-17(2,14)15/h3-4,9H,5H2,1-2H3. The van der Waals surface area contributed by atoms with Crippen LogP contribution in [-0.2, 0) is 16.6 Å². The number of nitrogens with one attached hydrogen (secondary N) is 1. The van der Waals surface area contributed by atoms with E-state index in [-0.39, 0.29) is 23.8 Å². The minimum atomic E-state index is -3.44. The van der Waals surface area contributed by atoms with Crippen LogP contribution in [0.15, 0.2) is 12.1 Å². The first-order valence-corrected chi connectivity index (χ1v) is 6.35. The van der Waals surface area contributed by atoms with Gasteiger partial charge in [0.15, 0.2) is 0 Å². The van der Waals surface area contributed by atoms with Crippen LogP contribution in [0.25, 0.3) is 0 Å². The van der Waals surface area contributed by atoms with Crippen LogP contribution < -0.4 is 9.46 Å². The van der Waals surface area contributed by atoms with E-state index in [9.17, 15) is 18.5 Å². The summed E-state index contributed by atoms with van der Waals surface area (Å²) in [4.78, 5) is 13.9. The van der Waals surface area contributed by atoms with Crippen molar-refractivity contribution in [1.29, 1.82) is 0 Å². The molecule has 1 heterocycles. The van der Waals surface area contributed by atoms with E-state index in [0.29, 0.717) is 0 Å². The zero-order valence-electron chi connectivity index (χ0n) is 9.21. The van der Waals surface area contributed by atoms with Gasteiger partial charge in [0.05, 0.1) is 24.8 Å². The van der Waals surface area contributed by atoms with E-state index in [2.05, 4.69) is 9.71 Å². The van der Waals surface area contributed by atoms with Gasteiger partial charge in [-0.15, -0.1) is 0 Å². The number of pyridine rings is 1. The molecule has 0 radical (unpaired) electrons. The molecule has 0 saturated heterocycles. The van der Waals surface area contributed by atoms with Crippen molar-refractivity contribution in [2.24, 2.45) is 0 Å². The molecule has 1 N–H and O–H groups in total. The first-order valence-electron chi connectivity index (χ1n) is 4.46. The van der Waals surface area contributed by atoms with Gasteiger partial charge < -0.3 is 4.74 Å². The maximum absolute atomic E-state index is 10.9. The number of nitro groups is 1. The predicted molar refractivity (Wildman–Crippen MR) is 59.1 cm³/mol. The second kappa shape index (κ2) is 5.06. The fourth-order valence-corrected chi connectivity index (χ4v) is 1.48. The first kappa shape index (κ1) is 13.3. The summed E-state index contributed by atoms with van der Waals surface area (Å²) in [6, 6.07) is 2.55. The number of nitrogens with zero attached hydrogens (tertiary/aromatic N) is 2. The normalized spacial score (nSPS) is 11.2. The Labute approximate surface area is 97.8 Å². The van der Waals surface area contributed by atoms with Gasteiger partial charge in [0, 0.05) is 12.1 Å². The van der Waals surface area contributed by atoms with Crippen molar-refractivity contribution >= 4 is 15.7 Å². The first-order chi connectivity index (χ1) is 7.83. The Morgan fingerprint density at radius 2 is 2.18 bits per heavy atom. The van der Waals surface area contributed by atoms with Crippen molar-refractivity contribution in [1.82, 2.24) is 9.71 Å². The number of hydrogen-bond acceptors (Lipinski definition) is 6. The van der Waals surface area contributed by atoms with Crippen LogP contribution in [0.5, 0.6) is 5.88 Å². The van der Waals surface area contributed by atoms with Gasteiger partial charge in [-0.05, 0) is 0 Å². The van der Waals surface area contributed by atoms with Crippen molar-refractivity contribution in [3.63, 3.8) is 0 Å². The van der Waals surface area contributed by atoms with Gasteiger partial charge in [-0.2, -0.15) is 0 Å². The monoisotopic (exact) mass is 261 g/mol. The van der Waals surface area contributed by atoms with Crippen LogP contribution in [-0.4, -0.2) is 31.7 Å². The second-order valence-corrected chi connectivity index (χ2v) is 5.00. The van der Waals surface area contributed by atoms with Crippen LogP contribution in [0.1, 0.15) is 5.69 Å². The maximum atomic E-state index is 10.9. The molecule has 1 aromatic rings. The molecule has 17 heavy (non-hydrogen) atoms. The van der Waals surface area contributed by atoms with Gasteiger partial charge in [0.2, 0.25) is 15.9 Å². The summed E-state index contributed by atoms with van der Waals surface area (Å²) in [7, 11) is -2.07. The Kier molecular flexibility index (Phi) is 3.97. The molecule has 0 aromatic carbocycles. The number of sulfonamides is 1. The highest BCUT2D eigenvalue weighted by atomic mass is 32.2. The quantitative estimate of drug-likeness (QED) is 0.592. The number of rotatable bonds is 5. The molecule has 0 spiro atoms. The highest BCUT2D eigenvalue weighted by Crippen LogP contribution is 2.19. The van der Waals surface area contributed by atoms with E-state index in [0.717, 1.165) is 6.26 Å². The minimum absolute atomic E-state index is 0.000208. The Bertz CT molecular complexity index is 528. The van der Waals surface area contributed by atoms with Crippen molar-refractivity contribution in [3.8, 4) is 5.88 Å². The third kappa shape index (κ3) is 3.96. The summed E-state index contributed by atoms with van der Waals surface area (Å²) in [5, 5.41) is 10.7. The Morgan fingerprint density at radius 1 is 1.53 bits per heavy atom. The van der Waals surface area contributed by atoms with Crippen molar-refractivity contribution in [2.45, 2.75) is 6.54 Å². The van der Waals surface area contributed by atoms with Gasteiger partial charge in [-0.25, -0.2) is 18.1 Å². The lowest BCUT2D eigenvalue weighted by molar-refractivity contribution is -0.386. The summed E-state index contributed by atoms with van der Waals surface area (Å²) in [6.07, 6.45) is 0.957. The lowest BCUT2D eigenvalue weighted by atomic mass is 10.3. The molecule has 0 amide bonds. The zero-order chi connectivity index (χ0) is 13.1. The zero-order valence-corrected chi connectivity index (χ0v) is 10.0. The Balaban J connectivity index is 3.05. The summed E-state index contributed by atoms with van der Waals surface area (Å²) in [5.74, 6) is 0.181. The van der Waals surface area contributed by atoms with Crippen molar-refractivity contribution in [2.75, 3.05) is 13.4 Å². The van der Waals surface area contributed by atoms with Crippen LogP contribution in [0, 0.1) is 10.1 Å². The molecule has 0 unspecified atom stereocenters. The van der Waals surface area contributed by atoms with Gasteiger partial charge in [0.25, 0.3) is 5.69 Å². The highest BCUT2D eigenvalue weighted by molar-refractivity contribution is 7.88.